The SMILES string of the molecule is CCC[CH2][SnH2+4][CH2]CCC.COC(C)(C)CC/C(=C/C(=O)[O-])C(=O)[O-].COC(C)(C)CC/C(=C/C(=O)[O-])C(=O)[O-]. The Morgan fingerprint density at radius 1 is 0.667 bits per heavy atom. The van der Waals surface area contributed by atoms with E-state index in [2.05, 4.69) is 13.8 Å². The Morgan fingerprint density at radius 3 is 1.18 bits per heavy atom. The smallest absolute Gasteiger partial charge is 0.0675 e. The van der Waals surface area contributed by atoms with Gasteiger partial charge in [0.1, 0.15) is 0 Å². The first kappa shape index (κ1) is 41.6. The van der Waals surface area contributed by atoms with Crippen molar-refractivity contribution in [2.45, 2.75) is 113 Å². The van der Waals surface area contributed by atoms with Crippen LogP contribution in [0.15, 0.2) is 23.3 Å². The first-order valence-electron chi connectivity index (χ1n) is 13.3. The molecule has 0 saturated carbocycles. The van der Waals surface area contributed by atoms with Gasteiger partial charge >= 0.3 is 69.5 Å². The molecule has 0 rings (SSSR count). The minimum absolute atomic E-state index is 0.0666. The van der Waals surface area contributed by atoms with Crippen molar-refractivity contribution in [2.75, 3.05) is 14.2 Å². The van der Waals surface area contributed by atoms with Gasteiger partial charge in [-0.15, -0.1) is 0 Å². The van der Waals surface area contributed by atoms with Gasteiger partial charge in [-0.1, -0.05) is 0 Å². The summed E-state index contributed by atoms with van der Waals surface area (Å²) < 4.78 is 13.5. The summed E-state index contributed by atoms with van der Waals surface area (Å²) in [6.45, 7) is 11.7. The number of hydrogen-bond donors (Lipinski definition) is 0. The van der Waals surface area contributed by atoms with Gasteiger partial charge in [-0.2, -0.15) is 0 Å². The standard InChI is InChI=1S/2C10H16O5.2C4H9.Sn.2H/c2*1-10(2,15-3)5-4-7(9(13)14)6-8(11)12;2*1-3-4-2;;;/h2*6H,4-5H2,1-3H3,(H,11,12)(H,13,14);2*1,3-4H2,2H3;;;/q;;;;+4;;/p-4/b2*7-6-;;;;;. The van der Waals surface area contributed by atoms with Gasteiger partial charge in [-0.05, 0) is 76.7 Å². The molecule has 0 heterocycles. The van der Waals surface area contributed by atoms with Crippen LogP contribution < -0.4 is 20.4 Å². The fourth-order valence-electron chi connectivity index (χ4n) is 2.86. The number of carboxylic acid groups (broad SMARTS) is 4. The van der Waals surface area contributed by atoms with Gasteiger partial charge in [0.05, 0.1) is 35.1 Å². The average Bonchev–Trinajstić information content (AvgIpc) is 2.84. The number of hydrogen-bond acceptors (Lipinski definition) is 10. The summed E-state index contributed by atoms with van der Waals surface area (Å²) in [5, 5.41) is 41.5. The molecular weight excluding hydrogens is 615 g/mol. The fourth-order valence-corrected chi connectivity index (χ4v) is 8.74. The third-order valence-corrected chi connectivity index (χ3v) is 11.6. The predicted octanol–water partition coefficient (Wildman–Crippen LogP) is -0.172. The number of carboxylic acids is 4. The van der Waals surface area contributed by atoms with E-state index in [1.165, 1.54) is 39.9 Å². The molecule has 0 unspecified atom stereocenters. The molecule has 0 fully saturated rings. The maximum absolute atomic E-state index is 10.5. The maximum Gasteiger partial charge on any atom is 0.0675 e. The maximum atomic E-state index is 10.5. The predicted molar refractivity (Wildman–Crippen MR) is 145 cm³/mol. The average molecular weight is 663 g/mol. The number of carbonyl (C=O) groups is 4. The van der Waals surface area contributed by atoms with Crippen molar-refractivity contribution < 1.29 is 49.1 Å². The zero-order chi connectivity index (χ0) is 31.1. The Bertz CT molecular complexity index is 721. The summed E-state index contributed by atoms with van der Waals surface area (Å²) >= 11 is -0.159. The number of unbranched alkanes of at least 4 members (excludes halogenated alkanes) is 2. The second kappa shape index (κ2) is 23.9. The number of rotatable bonds is 18. The van der Waals surface area contributed by atoms with E-state index in [0.29, 0.717) is 25.0 Å². The summed E-state index contributed by atoms with van der Waals surface area (Å²) in [4.78, 5) is 41.5. The third kappa shape index (κ3) is 28.9. The summed E-state index contributed by atoms with van der Waals surface area (Å²) in [6, 6.07) is 0. The van der Waals surface area contributed by atoms with Crippen molar-refractivity contribution in [1.82, 2.24) is 0 Å². The summed E-state index contributed by atoms with van der Waals surface area (Å²) in [6.07, 6.45) is 7.88. The number of aliphatic carboxylic acids is 4. The van der Waals surface area contributed by atoms with Crippen LogP contribution in [-0.2, 0) is 28.7 Å². The molecule has 39 heavy (non-hydrogen) atoms. The van der Waals surface area contributed by atoms with Gasteiger partial charge in [0.15, 0.2) is 0 Å². The summed E-state index contributed by atoms with van der Waals surface area (Å²) in [5.41, 5.74) is -1.58. The molecule has 11 heteroatoms. The zero-order valence-corrected chi connectivity index (χ0v) is 29.1. The molecule has 0 amide bonds. The van der Waals surface area contributed by atoms with Crippen LogP contribution >= 0.6 is 0 Å². The monoisotopic (exact) mass is 664 g/mol. The van der Waals surface area contributed by atoms with Crippen LogP contribution in [0.25, 0.3) is 0 Å². The van der Waals surface area contributed by atoms with Gasteiger partial charge in [0.25, 0.3) is 0 Å². The quantitative estimate of drug-likeness (QED) is 0.109. The molecule has 0 aromatic rings. The van der Waals surface area contributed by atoms with Gasteiger partial charge < -0.3 is 49.1 Å². The van der Waals surface area contributed by atoms with Crippen molar-refractivity contribution >= 4 is 45.0 Å². The van der Waals surface area contributed by atoms with E-state index in [9.17, 15) is 39.6 Å². The first-order chi connectivity index (χ1) is 18.0. The zero-order valence-electron chi connectivity index (χ0n) is 25.0. The van der Waals surface area contributed by atoms with Crippen LogP contribution in [-0.4, -0.2) is 70.4 Å². The van der Waals surface area contributed by atoms with E-state index in [0.717, 1.165) is 0 Å². The Labute approximate surface area is 244 Å². The Balaban J connectivity index is -0.000000516. The van der Waals surface area contributed by atoms with Gasteiger partial charge in [0.2, 0.25) is 0 Å². The van der Waals surface area contributed by atoms with Crippen molar-refractivity contribution in [1.29, 1.82) is 0 Å². The van der Waals surface area contributed by atoms with E-state index >= 15 is 0 Å². The van der Waals surface area contributed by atoms with Crippen molar-refractivity contribution in [3.05, 3.63) is 23.3 Å². The van der Waals surface area contributed by atoms with Gasteiger partial charge in [-0.25, -0.2) is 0 Å². The van der Waals surface area contributed by atoms with Crippen LogP contribution in [0.3, 0.4) is 0 Å². The molecule has 10 nitrogen and oxygen atoms in total. The second-order valence-electron chi connectivity index (χ2n) is 10.2. The van der Waals surface area contributed by atoms with Crippen LogP contribution in [0.1, 0.15) is 92.9 Å². The van der Waals surface area contributed by atoms with Gasteiger partial charge in [-0.3, -0.25) is 0 Å². The van der Waals surface area contributed by atoms with E-state index < -0.39 is 35.1 Å². The third-order valence-electron chi connectivity index (χ3n) is 5.91. The van der Waals surface area contributed by atoms with Crippen LogP contribution in [0.4, 0.5) is 0 Å². The normalized spacial score (nSPS) is 12.0. The number of methoxy groups -OCH3 is 2. The molecule has 0 N–H and O–H groups in total. The first-order valence-corrected chi connectivity index (χ1v) is 19.0. The number of carbonyl (C=O) groups excluding carboxylic acids is 4. The minimum Gasteiger partial charge on any atom is -0.545 e. The van der Waals surface area contributed by atoms with E-state index in [4.69, 9.17) is 9.47 Å². The molecule has 0 aliphatic rings. The van der Waals surface area contributed by atoms with Crippen molar-refractivity contribution in [3.63, 3.8) is 0 Å². The largest absolute Gasteiger partial charge is 0.545 e. The van der Waals surface area contributed by atoms with E-state index in [1.807, 2.05) is 0 Å². The second-order valence-corrected chi connectivity index (χ2v) is 16.3. The van der Waals surface area contributed by atoms with Crippen molar-refractivity contribution in [2.24, 2.45) is 0 Å². The topological polar surface area (TPSA) is 179 Å². The molecule has 0 aliphatic heterocycles. The van der Waals surface area contributed by atoms with Crippen molar-refractivity contribution in [3.8, 4) is 0 Å². The van der Waals surface area contributed by atoms with E-state index in [1.54, 1.807) is 36.6 Å². The Morgan fingerprint density at radius 2 is 0.974 bits per heavy atom. The summed E-state index contributed by atoms with van der Waals surface area (Å²) in [7, 11) is 3.00. The van der Waals surface area contributed by atoms with Crippen LogP contribution in [0.5, 0.6) is 0 Å². The molecule has 0 aromatic heterocycles. The Hall–Kier alpha value is -1.92. The van der Waals surface area contributed by atoms with Crippen LogP contribution in [0.2, 0.25) is 8.87 Å². The van der Waals surface area contributed by atoms with Crippen LogP contribution in [0, 0.1) is 0 Å². The molecule has 0 atom stereocenters. The molecule has 0 saturated heterocycles. The molecule has 0 bridgehead atoms. The molecule has 0 spiro atoms. The molecule has 0 aliphatic carbocycles. The minimum atomic E-state index is -1.54. The van der Waals surface area contributed by atoms with E-state index in [-0.39, 0.29) is 45.1 Å². The summed E-state index contributed by atoms with van der Waals surface area (Å²) in [5.74, 6) is -6.06. The molecule has 224 valence electrons. The fraction of sp³-hybridized carbons (Fsp3) is 0.714. The molecule has 0 aromatic carbocycles. The number of ether oxygens (including phenoxy) is 2. The molecular formula is C28H48O10Sn. The Kier molecular flexibility index (Phi) is 25.5. The molecule has 4 radical (unpaired) electrons. The van der Waals surface area contributed by atoms with Gasteiger partial charge in [0, 0.05) is 14.2 Å².